The highest BCUT2D eigenvalue weighted by Gasteiger charge is 2.32. The zero-order chi connectivity index (χ0) is 27.0. The smallest absolute Gasteiger partial charge is 0.264 e. The zero-order valence-corrected chi connectivity index (χ0v) is 25.2. The summed E-state index contributed by atoms with van der Waals surface area (Å²) >= 11 is 5.55. The summed E-state index contributed by atoms with van der Waals surface area (Å²) in [7, 11) is -4.06. The minimum absolute atomic E-state index is 0.0783. The molecule has 196 valence electrons. The maximum Gasteiger partial charge on any atom is 0.264 e. The first-order valence-electron chi connectivity index (χ1n) is 11.8. The Morgan fingerprint density at radius 2 is 1.59 bits per heavy atom. The fourth-order valence-electron chi connectivity index (χ4n) is 3.62. The summed E-state index contributed by atoms with van der Waals surface area (Å²) in [4.78, 5) is 28.2. The van der Waals surface area contributed by atoms with E-state index >= 15 is 0 Å². The van der Waals surface area contributed by atoms with Crippen LogP contribution in [0.4, 0.5) is 5.69 Å². The number of hydrogen-bond donors (Lipinski definition) is 1. The normalized spacial score (nSPS) is 12.0. The Labute approximate surface area is 240 Å². The predicted octanol–water partition coefficient (Wildman–Crippen LogP) is 5.19. The first-order valence-corrected chi connectivity index (χ1v) is 15.1. The Morgan fingerprint density at radius 1 is 0.973 bits per heavy atom. The van der Waals surface area contributed by atoms with Crippen LogP contribution in [0.5, 0.6) is 0 Å². The molecule has 37 heavy (non-hydrogen) atoms. The molecule has 0 aliphatic rings. The molecule has 0 aliphatic heterocycles. The van der Waals surface area contributed by atoms with Crippen LogP contribution in [0.3, 0.4) is 0 Å². The highest BCUT2D eigenvalue weighted by molar-refractivity contribution is 14.1. The van der Waals surface area contributed by atoms with E-state index in [1.54, 1.807) is 49.4 Å². The number of halogens is 2. The molecule has 0 bridgehead atoms. The number of anilines is 1. The molecule has 0 radical (unpaired) electrons. The van der Waals surface area contributed by atoms with Gasteiger partial charge < -0.3 is 10.2 Å². The number of nitrogens with zero attached hydrogens (tertiary/aromatic N) is 2. The third-order valence-corrected chi connectivity index (χ3v) is 8.74. The Balaban J connectivity index is 1.99. The lowest BCUT2D eigenvalue weighted by molar-refractivity contribution is -0.139. The molecule has 3 aromatic rings. The highest BCUT2D eigenvalue weighted by atomic mass is 127. The molecule has 0 fully saturated rings. The van der Waals surface area contributed by atoms with E-state index in [2.05, 4.69) is 43.8 Å². The molecule has 3 rings (SSSR count). The number of sulfonamides is 1. The number of amides is 2. The van der Waals surface area contributed by atoms with Gasteiger partial charge in [-0.3, -0.25) is 13.9 Å². The third kappa shape index (κ3) is 7.78. The molecule has 2 amide bonds. The van der Waals surface area contributed by atoms with Gasteiger partial charge in [-0.2, -0.15) is 0 Å². The minimum atomic E-state index is -4.06. The Kier molecular flexibility index (Phi) is 10.5. The molecule has 0 unspecified atom stereocenters. The molecule has 10 heteroatoms. The van der Waals surface area contributed by atoms with Crippen molar-refractivity contribution in [2.45, 2.75) is 37.8 Å². The third-order valence-electron chi connectivity index (χ3n) is 5.71. The quantitative estimate of drug-likeness (QED) is 0.280. The first-order chi connectivity index (χ1) is 17.6. The van der Waals surface area contributed by atoms with Crippen molar-refractivity contribution >= 4 is 66.0 Å². The topological polar surface area (TPSA) is 86.8 Å². The standard InChI is InChI=1S/C27H29BrIN3O4S/c1-3-17-30-27(34)20(2)31(18-21-9-11-22(28)12-10-21)26(33)19-32(24-15-13-23(29)14-16-24)37(35,36)25-7-5-4-6-8-25/h4-16,20H,3,17-19H2,1-2H3,(H,30,34)/t20-/m1/s1. The molecule has 0 spiro atoms. The maximum absolute atomic E-state index is 13.8. The SMILES string of the molecule is CCCNC(=O)[C@@H](C)N(Cc1ccc(Br)cc1)C(=O)CN(c1ccc(I)cc1)S(=O)(=O)c1ccccc1. The van der Waals surface area contributed by atoms with Gasteiger partial charge in [0, 0.05) is 21.1 Å². The summed E-state index contributed by atoms with van der Waals surface area (Å²) in [5.41, 5.74) is 1.18. The van der Waals surface area contributed by atoms with Gasteiger partial charge in [-0.1, -0.05) is 53.2 Å². The van der Waals surface area contributed by atoms with Crippen LogP contribution in [0, 0.1) is 3.57 Å². The molecule has 0 saturated carbocycles. The zero-order valence-electron chi connectivity index (χ0n) is 20.6. The van der Waals surface area contributed by atoms with Crippen LogP contribution in [0.15, 0.2) is 88.2 Å². The minimum Gasteiger partial charge on any atom is -0.354 e. The summed E-state index contributed by atoms with van der Waals surface area (Å²) < 4.78 is 30.3. The van der Waals surface area contributed by atoms with Crippen LogP contribution in [0.2, 0.25) is 0 Å². The largest absolute Gasteiger partial charge is 0.354 e. The van der Waals surface area contributed by atoms with E-state index < -0.39 is 28.5 Å². The number of carbonyl (C=O) groups is 2. The number of carbonyl (C=O) groups excluding carboxylic acids is 2. The Hall–Kier alpha value is -2.44. The number of benzene rings is 3. The van der Waals surface area contributed by atoms with Gasteiger partial charge in [-0.25, -0.2) is 8.42 Å². The molecular formula is C27H29BrIN3O4S. The number of rotatable bonds is 11. The number of nitrogens with one attached hydrogen (secondary N) is 1. The second-order valence-corrected chi connectivity index (χ2v) is 12.4. The van der Waals surface area contributed by atoms with Crippen LogP contribution >= 0.6 is 38.5 Å². The van der Waals surface area contributed by atoms with Gasteiger partial charge in [0.2, 0.25) is 11.8 Å². The van der Waals surface area contributed by atoms with E-state index in [-0.39, 0.29) is 17.3 Å². The van der Waals surface area contributed by atoms with Crippen LogP contribution in [0.1, 0.15) is 25.8 Å². The van der Waals surface area contributed by atoms with E-state index in [4.69, 9.17) is 0 Å². The molecule has 3 aromatic carbocycles. The summed E-state index contributed by atoms with van der Waals surface area (Å²) in [5, 5.41) is 2.84. The van der Waals surface area contributed by atoms with Crippen molar-refractivity contribution in [2.24, 2.45) is 0 Å². The lowest BCUT2D eigenvalue weighted by Crippen LogP contribution is -2.51. The lowest BCUT2D eigenvalue weighted by Gasteiger charge is -2.32. The first kappa shape index (κ1) is 29.1. The van der Waals surface area contributed by atoms with Crippen molar-refractivity contribution in [3.05, 3.63) is 92.5 Å². The van der Waals surface area contributed by atoms with E-state index in [1.807, 2.05) is 31.2 Å². The molecular weight excluding hydrogens is 669 g/mol. The summed E-state index contributed by atoms with van der Waals surface area (Å²) in [6.07, 6.45) is 0.759. The summed E-state index contributed by atoms with van der Waals surface area (Å²) in [6, 6.07) is 21.6. The van der Waals surface area contributed by atoms with Gasteiger partial charge in [0.25, 0.3) is 10.0 Å². The molecule has 0 aromatic heterocycles. The molecule has 7 nitrogen and oxygen atoms in total. The Bertz CT molecular complexity index is 1300. The van der Waals surface area contributed by atoms with Crippen LogP contribution in [-0.4, -0.2) is 44.3 Å². The maximum atomic E-state index is 13.8. The molecule has 0 saturated heterocycles. The predicted molar refractivity (Wildman–Crippen MR) is 158 cm³/mol. The van der Waals surface area contributed by atoms with Crippen LogP contribution < -0.4 is 9.62 Å². The van der Waals surface area contributed by atoms with Crippen molar-refractivity contribution in [3.63, 3.8) is 0 Å². The van der Waals surface area contributed by atoms with E-state index in [1.165, 1.54) is 17.0 Å². The lowest BCUT2D eigenvalue weighted by atomic mass is 10.1. The number of hydrogen-bond acceptors (Lipinski definition) is 4. The van der Waals surface area contributed by atoms with Crippen LogP contribution in [-0.2, 0) is 26.2 Å². The van der Waals surface area contributed by atoms with Gasteiger partial charge in [0.15, 0.2) is 0 Å². The van der Waals surface area contributed by atoms with Gasteiger partial charge in [0.05, 0.1) is 10.6 Å². The van der Waals surface area contributed by atoms with E-state index in [0.717, 1.165) is 24.3 Å². The fourth-order valence-corrected chi connectivity index (χ4v) is 5.68. The average Bonchev–Trinajstić information content (AvgIpc) is 2.90. The highest BCUT2D eigenvalue weighted by Crippen LogP contribution is 2.25. The van der Waals surface area contributed by atoms with Crippen LogP contribution in [0.25, 0.3) is 0 Å². The summed E-state index contributed by atoms with van der Waals surface area (Å²) in [6.45, 7) is 3.78. The fraction of sp³-hybridized carbons (Fsp3) is 0.259. The van der Waals surface area contributed by atoms with Gasteiger partial charge in [-0.15, -0.1) is 0 Å². The molecule has 1 N–H and O–H groups in total. The van der Waals surface area contributed by atoms with Crippen molar-refractivity contribution in [2.75, 3.05) is 17.4 Å². The second kappa shape index (κ2) is 13.4. The average molecular weight is 698 g/mol. The second-order valence-electron chi connectivity index (χ2n) is 8.42. The van der Waals surface area contributed by atoms with E-state index in [0.29, 0.717) is 12.2 Å². The Morgan fingerprint density at radius 3 is 2.19 bits per heavy atom. The van der Waals surface area contributed by atoms with Gasteiger partial charge in [0.1, 0.15) is 12.6 Å². The van der Waals surface area contributed by atoms with Gasteiger partial charge >= 0.3 is 0 Å². The van der Waals surface area contributed by atoms with Crippen molar-refractivity contribution in [1.29, 1.82) is 0 Å². The van der Waals surface area contributed by atoms with Crippen molar-refractivity contribution < 1.29 is 18.0 Å². The van der Waals surface area contributed by atoms with Crippen molar-refractivity contribution in [3.8, 4) is 0 Å². The van der Waals surface area contributed by atoms with Crippen molar-refractivity contribution in [1.82, 2.24) is 10.2 Å². The summed E-state index contributed by atoms with van der Waals surface area (Å²) in [5.74, 6) is -0.779. The molecule has 0 heterocycles. The molecule has 1 atom stereocenters. The monoisotopic (exact) mass is 697 g/mol. The molecule has 0 aliphatic carbocycles. The van der Waals surface area contributed by atoms with Gasteiger partial charge in [-0.05, 0) is 90.0 Å². The van der Waals surface area contributed by atoms with E-state index in [9.17, 15) is 18.0 Å².